The number of imidazole rings is 2. The molecule has 7 rings (SSSR count). The highest BCUT2D eigenvalue weighted by Gasteiger charge is 2.28. The maximum atomic E-state index is 12.2. The number of fused-ring (bicyclic) bond motifs is 2. The van der Waals surface area contributed by atoms with Crippen LogP contribution >= 0.6 is 11.6 Å². The number of alkyl halides is 6. The Labute approximate surface area is 308 Å². The molecule has 17 heteroatoms. The first-order valence-electron chi connectivity index (χ1n) is 16.2. The van der Waals surface area contributed by atoms with Crippen molar-refractivity contribution >= 4 is 46.3 Å². The van der Waals surface area contributed by atoms with Crippen molar-refractivity contribution in [3.8, 4) is 34.4 Å². The average molecular weight is 767 g/mol. The lowest BCUT2D eigenvalue weighted by molar-refractivity contribution is -0.123. The summed E-state index contributed by atoms with van der Waals surface area (Å²) in [4.78, 5) is 31.9. The van der Waals surface area contributed by atoms with Gasteiger partial charge < -0.3 is 21.3 Å². The van der Waals surface area contributed by atoms with Crippen LogP contribution < -0.4 is 21.3 Å². The fraction of sp³-hybridized carbons (Fsp3) is 0.189. The Kier molecular flexibility index (Phi) is 11.0. The van der Waals surface area contributed by atoms with Crippen LogP contribution in [0.4, 0.5) is 47.3 Å². The smallest absolute Gasteiger partial charge is 0.329 e. The molecule has 1 aliphatic carbocycles. The Morgan fingerprint density at radius 2 is 1.22 bits per heavy atom. The van der Waals surface area contributed by atoms with Gasteiger partial charge in [0.25, 0.3) is 0 Å². The maximum Gasteiger partial charge on any atom is 0.405 e. The third-order valence-corrected chi connectivity index (χ3v) is 7.95. The second-order valence-corrected chi connectivity index (χ2v) is 12.5. The lowest BCUT2D eigenvalue weighted by atomic mass is 10.1. The number of rotatable bonds is 6. The number of halogens is 7. The number of urea groups is 2. The number of aromatic nitrogens is 4. The van der Waals surface area contributed by atoms with E-state index in [0.717, 1.165) is 33.7 Å². The molecule has 0 spiro atoms. The van der Waals surface area contributed by atoms with E-state index in [4.69, 9.17) is 11.6 Å². The zero-order chi connectivity index (χ0) is 38.5. The minimum atomic E-state index is -4.46. The minimum absolute atomic E-state index is 0.362. The van der Waals surface area contributed by atoms with Crippen molar-refractivity contribution in [2.75, 3.05) is 23.7 Å². The lowest BCUT2D eigenvalue weighted by Gasteiger charge is -2.10. The van der Waals surface area contributed by atoms with Gasteiger partial charge in [-0.15, -0.1) is 0 Å². The number of pyridine rings is 2. The Hall–Kier alpha value is -6.21. The Balaban J connectivity index is 0.000000186. The largest absolute Gasteiger partial charge is 0.405 e. The molecule has 0 radical (unpaired) electrons. The highest BCUT2D eigenvalue weighted by molar-refractivity contribution is 6.30. The van der Waals surface area contributed by atoms with Crippen molar-refractivity contribution in [2.45, 2.75) is 25.2 Å². The third kappa shape index (κ3) is 10.4. The van der Waals surface area contributed by atoms with E-state index in [-0.39, 0.29) is 0 Å². The maximum absolute atomic E-state index is 12.2. The summed E-state index contributed by atoms with van der Waals surface area (Å²) in [6.45, 7) is -2.79. The first kappa shape index (κ1) is 37.5. The fourth-order valence-corrected chi connectivity index (χ4v) is 5.23. The van der Waals surface area contributed by atoms with Crippen molar-refractivity contribution in [3.05, 3.63) is 108 Å². The predicted molar refractivity (Wildman–Crippen MR) is 192 cm³/mol. The second-order valence-electron chi connectivity index (χ2n) is 12.1. The monoisotopic (exact) mass is 766 g/mol. The van der Waals surface area contributed by atoms with E-state index in [1.807, 2.05) is 33.2 Å². The zero-order valence-corrected chi connectivity index (χ0v) is 28.7. The standard InChI is InChI=1S/C21H17F3N4O.C16H12ClF3N4O/c22-21(23,24)13-26-20(29)27-17-3-1-2-16(11-17)18-12-25-19-10-15(8-9-28(18)19)7-6-14-4-5-14;17-11-4-5-24-13(8-21-14(24)7-11)10-2-1-3-12(6-10)23-15(25)22-9-16(18,19)20/h1-3,8-12,14H,4-5,13H2,(H2,26,27,29);1-8H,9H2,(H2,22,23,25). The van der Waals surface area contributed by atoms with Crippen molar-refractivity contribution in [1.82, 2.24) is 29.4 Å². The molecule has 278 valence electrons. The van der Waals surface area contributed by atoms with E-state index in [9.17, 15) is 35.9 Å². The average Bonchev–Trinajstić information content (AvgIpc) is 3.71. The lowest BCUT2D eigenvalue weighted by Crippen LogP contribution is -2.36. The van der Waals surface area contributed by atoms with Gasteiger partial charge in [0.2, 0.25) is 0 Å². The molecule has 0 bridgehead atoms. The van der Waals surface area contributed by atoms with Gasteiger partial charge in [-0.3, -0.25) is 8.80 Å². The topological polar surface area (TPSA) is 117 Å². The predicted octanol–water partition coefficient (Wildman–Crippen LogP) is 8.79. The summed E-state index contributed by atoms with van der Waals surface area (Å²) in [6, 6.07) is 18.9. The molecule has 6 aromatic rings. The van der Waals surface area contributed by atoms with Crippen LogP contribution in [0.25, 0.3) is 33.8 Å². The molecule has 54 heavy (non-hydrogen) atoms. The second kappa shape index (κ2) is 15.8. The molecule has 0 unspecified atom stereocenters. The number of hydrogen-bond donors (Lipinski definition) is 4. The summed E-state index contributed by atoms with van der Waals surface area (Å²) < 4.78 is 76.7. The number of nitrogens with zero attached hydrogens (tertiary/aromatic N) is 4. The molecule has 1 aliphatic rings. The van der Waals surface area contributed by atoms with Crippen LogP contribution in [0.5, 0.6) is 0 Å². The van der Waals surface area contributed by atoms with Crippen LogP contribution in [0, 0.1) is 17.8 Å². The quantitative estimate of drug-likeness (QED) is 0.100. The molecule has 4 amide bonds. The van der Waals surface area contributed by atoms with Crippen molar-refractivity contribution in [3.63, 3.8) is 0 Å². The Morgan fingerprint density at radius 1 is 0.722 bits per heavy atom. The zero-order valence-electron chi connectivity index (χ0n) is 27.9. The van der Waals surface area contributed by atoms with E-state index < -0.39 is 37.5 Å². The SMILES string of the molecule is O=C(NCC(F)(F)F)Nc1cccc(-c2cnc3cc(C#CC4CC4)ccn23)c1.O=C(NCC(F)(F)F)Nc1cccc(-c2cnc3cc(Cl)ccn23)c1. The molecule has 0 atom stereocenters. The summed E-state index contributed by atoms with van der Waals surface area (Å²) in [6.07, 6.45) is 0.406. The normalized spacial score (nSPS) is 12.6. The molecule has 1 saturated carbocycles. The third-order valence-electron chi connectivity index (χ3n) is 7.72. The highest BCUT2D eigenvalue weighted by atomic mass is 35.5. The van der Waals surface area contributed by atoms with Crippen LogP contribution in [-0.4, -0.2) is 56.3 Å². The van der Waals surface area contributed by atoms with Gasteiger partial charge in [-0.25, -0.2) is 19.6 Å². The van der Waals surface area contributed by atoms with Crippen LogP contribution in [0.2, 0.25) is 5.02 Å². The fourth-order valence-electron chi connectivity index (χ4n) is 5.08. The summed E-state index contributed by atoms with van der Waals surface area (Å²) in [5, 5.41) is 8.87. The van der Waals surface area contributed by atoms with Gasteiger partial charge in [0.1, 0.15) is 24.4 Å². The number of benzene rings is 2. The highest BCUT2D eigenvalue weighted by Crippen LogP contribution is 2.28. The van der Waals surface area contributed by atoms with Gasteiger partial charge in [-0.1, -0.05) is 47.7 Å². The summed E-state index contributed by atoms with van der Waals surface area (Å²) >= 11 is 5.93. The molecular formula is C37H29ClF6N8O2. The van der Waals surface area contributed by atoms with E-state index in [1.54, 1.807) is 83.8 Å². The van der Waals surface area contributed by atoms with Crippen LogP contribution in [-0.2, 0) is 0 Å². The number of carbonyl (C=O) groups excluding carboxylic acids is 2. The number of amides is 4. The van der Waals surface area contributed by atoms with Gasteiger partial charge in [0.05, 0.1) is 23.8 Å². The van der Waals surface area contributed by atoms with Crippen LogP contribution in [0.15, 0.2) is 97.6 Å². The molecular weight excluding hydrogens is 738 g/mol. The van der Waals surface area contributed by atoms with Crippen LogP contribution in [0.1, 0.15) is 18.4 Å². The number of anilines is 2. The Bertz CT molecular complexity index is 2370. The number of nitrogens with one attached hydrogen (secondary N) is 4. The molecule has 0 aliphatic heterocycles. The Morgan fingerprint density at radius 3 is 1.72 bits per heavy atom. The first-order chi connectivity index (χ1) is 25.7. The van der Waals surface area contributed by atoms with Crippen molar-refractivity contribution < 1.29 is 35.9 Å². The molecule has 0 saturated heterocycles. The van der Waals surface area contributed by atoms with Gasteiger partial charge in [-0.05, 0) is 55.3 Å². The van der Waals surface area contributed by atoms with Gasteiger partial charge in [-0.2, -0.15) is 26.3 Å². The van der Waals surface area contributed by atoms with Crippen molar-refractivity contribution in [1.29, 1.82) is 0 Å². The molecule has 4 N–H and O–H groups in total. The molecule has 10 nitrogen and oxygen atoms in total. The molecule has 2 aromatic carbocycles. The van der Waals surface area contributed by atoms with Crippen LogP contribution in [0.3, 0.4) is 0 Å². The van der Waals surface area contributed by atoms with E-state index >= 15 is 0 Å². The number of hydrogen-bond acceptors (Lipinski definition) is 4. The summed E-state index contributed by atoms with van der Waals surface area (Å²) in [5.41, 5.74) is 6.09. The van der Waals surface area contributed by atoms with E-state index in [1.165, 1.54) is 12.8 Å². The molecule has 1 fully saturated rings. The summed E-state index contributed by atoms with van der Waals surface area (Å²) in [7, 11) is 0. The van der Waals surface area contributed by atoms with E-state index in [0.29, 0.717) is 28.0 Å². The first-order valence-corrected chi connectivity index (χ1v) is 16.6. The summed E-state index contributed by atoms with van der Waals surface area (Å²) in [5.74, 6) is 6.90. The molecule has 4 heterocycles. The molecule has 4 aromatic heterocycles. The van der Waals surface area contributed by atoms with E-state index in [2.05, 4.69) is 32.4 Å². The van der Waals surface area contributed by atoms with Crippen molar-refractivity contribution in [2.24, 2.45) is 5.92 Å². The minimum Gasteiger partial charge on any atom is -0.329 e. The van der Waals surface area contributed by atoms with Gasteiger partial charge >= 0.3 is 24.4 Å². The number of carbonyl (C=O) groups is 2. The van der Waals surface area contributed by atoms with Gasteiger partial charge in [0.15, 0.2) is 0 Å². The van der Waals surface area contributed by atoms with Gasteiger partial charge in [0, 0.05) is 57.5 Å².